The second kappa shape index (κ2) is 11.4. The van der Waals surface area contributed by atoms with E-state index in [4.69, 9.17) is 17.0 Å². The summed E-state index contributed by atoms with van der Waals surface area (Å²) in [5.74, 6) is 0. The van der Waals surface area contributed by atoms with E-state index in [1.807, 2.05) is 0 Å². The van der Waals surface area contributed by atoms with Crippen molar-refractivity contribution in [3.05, 3.63) is 64.7 Å². The van der Waals surface area contributed by atoms with Gasteiger partial charge in [-0.15, -0.1) is 0 Å². The van der Waals surface area contributed by atoms with Crippen LogP contribution >= 0.6 is 17.0 Å². The van der Waals surface area contributed by atoms with Gasteiger partial charge in [-0.05, 0) is 53.5 Å². The molecule has 2 aromatic carbocycles. The number of allylic oxidation sites excluding steroid dienone is 1. The first-order valence-corrected chi connectivity index (χ1v) is 15.4. The van der Waals surface area contributed by atoms with E-state index < -0.39 is 20.8 Å². The third-order valence-corrected chi connectivity index (χ3v) is 4.62. The van der Waals surface area contributed by atoms with Crippen LogP contribution in [0.1, 0.15) is 56.2 Å². The molecule has 132 valence electrons. The van der Waals surface area contributed by atoms with E-state index in [0.29, 0.717) is 0 Å². The van der Waals surface area contributed by atoms with Crippen LogP contribution in [0.3, 0.4) is 0 Å². The normalized spacial score (nSPS) is 12.1. The van der Waals surface area contributed by atoms with E-state index in [0.717, 1.165) is 6.42 Å². The van der Waals surface area contributed by atoms with Gasteiger partial charge in [0.25, 0.3) is 0 Å². The van der Waals surface area contributed by atoms with E-state index in [9.17, 15) is 0 Å². The summed E-state index contributed by atoms with van der Waals surface area (Å²) in [7, 11) is 9.87. The number of benzene rings is 2. The molecular weight excluding hydrogens is 426 g/mol. The molecule has 0 aromatic heterocycles. The van der Waals surface area contributed by atoms with E-state index in [1.165, 1.54) is 59.9 Å². The van der Waals surface area contributed by atoms with E-state index in [2.05, 4.69) is 62.4 Å². The fourth-order valence-electron chi connectivity index (χ4n) is 3.40. The van der Waals surface area contributed by atoms with E-state index >= 15 is 0 Å². The molecule has 1 aliphatic carbocycles. The van der Waals surface area contributed by atoms with Crippen molar-refractivity contribution < 1.29 is 20.8 Å². The standard InChI is InChI=1S/C22H26.2ClH.Zr/c1-3-5-8-17-11-13-19(14-12-17)21-10-6-9-20-15-18(7-4-2)16-22(20)21;;;/h6,9-14,16H,3-5,7-8,15H2,1-2H3;2*1H;/q;;;+2/p-2. The average molecular weight is 453 g/mol. The van der Waals surface area contributed by atoms with Crippen molar-refractivity contribution in [2.24, 2.45) is 0 Å². The minimum absolute atomic E-state index is 0.826. The second-order valence-electron chi connectivity index (χ2n) is 6.48. The predicted molar refractivity (Wildman–Crippen MR) is 109 cm³/mol. The molecule has 0 saturated carbocycles. The van der Waals surface area contributed by atoms with Gasteiger partial charge in [-0.25, -0.2) is 0 Å². The van der Waals surface area contributed by atoms with Gasteiger partial charge in [0.15, 0.2) is 0 Å². The van der Waals surface area contributed by atoms with Crippen LogP contribution in [0.2, 0.25) is 0 Å². The quantitative estimate of drug-likeness (QED) is 0.419. The van der Waals surface area contributed by atoms with Crippen LogP contribution in [0, 0.1) is 0 Å². The number of rotatable bonds is 6. The molecule has 3 heteroatoms. The molecule has 25 heavy (non-hydrogen) atoms. The van der Waals surface area contributed by atoms with Crippen molar-refractivity contribution in [1.29, 1.82) is 0 Å². The Morgan fingerprint density at radius 3 is 2.28 bits per heavy atom. The Hall–Kier alpha value is -0.357. The summed E-state index contributed by atoms with van der Waals surface area (Å²) >= 11 is -0.826. The zero-order chi connectivity index (χ0) is 18.1. The summed E-state index contributed by atoms with van der Waals surface area (Å²) in [4.78, 5) is 0. The van der Waals surface area contributed by atoms with Crippen molar-refractivity contribution >= 4 is 23.1 Å². The third-order valence-electron chi connectivity index (χ3n) is 4.62. The van der Waals surface area contributed by atoms with E-state index in [1.54, 1.807) is 5.57 Å². The van der Waals surface area contributed by atoms with Crippen LogP contribution in [0.5, 0.6) is 0 Å². The number of halogens is 2. The molecule has 0 amide bonds. The van der Waals surface area contributed by atoms with Crippen molar-refractivity contribution in [1.82, 2.24) is 0 Å². The molecule has 0 N–H and O–H groups in total. The Morgan fingerprint density at radius 1 is 0.920 bits per heavy atom. The molecule has 0 aliphatic heterocycles. The maximum absolute atomic E-state index is 4.93. The molecule has 1 aliphatic rings. The van der Waals surface area contributed by atoms with Gasteiger partial charge in [-0.1, -0.05) is 80.8 Å². The van der Waals surface area contributed by atoms with Crippen LogP contribution in [0.25, 0.3) is 17.2 Å². The van der Waals surface area contributed by atoms with E-state index in [-0.39, 0.29) is 0 Å². The Kier molecular flexibility index (Phi) is 9.53. The summed E-state index contributed by atoms with van der Waals surface area (Å²) < 4.78 is 0. The molecule has 0 saturated heterocycles. The van der Waals surface area contributed by atoms with Gasteiger partial charge in [-0.3, -0.25) is 0 Å². The molecule has 0 radical (unpaired) electrons. The number of unbranched alkanes of at least 4 members (excludes halogenated alkanes) is 1. The number of hydrogen-bond donors (Lipinski definition) is 0. The van der Waals surface area contributed by atoms with Crippen LogP contribution in [0.4, 0.5) is 0 Å². The Morgan fingerprint density at radius 2 is 1.64 bits per heavy atom. The summed E-state index contributed by atoms with van der Waals surface area (Å²) in [5, 5.41) is 0. The molecular formula is C22H26Cl2Zr. The molecule has 2 aromatic rings. The van der Waals surface area contributed by atoms with Crippen LogP contribution in [-0.2, 0) is 33.7 Å². The van der Waals surface area contributed by atoms with Crippen LogP contribution in [0.15, 0.2) is 48.0 Å². The minimum atomic E-state index is -0.826. The Balaban J connectivity index is 0.000000701. The second-order valence-corrected chi connectivity index (χ2v) is 10.2. The maximum atomic E-state index is 4.93. The summed E-state index contributed by atoms with van der Waals surface area (Å²) in [6.45, 7) is 4.52. The third kappa shape index (κ3) is 6.09. The molecule has 3 rings (SSSR count). The Labute approximate surface area is 171 Å². The first-order chi connectivity index (χ1) is 12.2. The van der Waals surface area contributed by atoms with Crippen LogP contribution < -0.4 is 0 Å². The van der Waals surface area contributed by atoms with Gasteiger partial charge in [0.2, 0.25) is 0 Å². The van der Waals surface area contributed by atoms with Crippen molar-refractivity contribution in [2.45, 2.75) is 52.4 Å². The fraction of sp³-hybridized carbons (Fsp3) is 0.364. The zero-order valence-electron chi connectivity index (χ0n) is 15.1. The topological polar surface area (TPSA) is 0 Å². The van der Waals surface area contributed by atoms with Gasteiger partial charge < -0.3 is 0 Å². The summed E-state index contributed by atoms with van der Waals surface area (Å²) in [6, 6.07) is 16.0. The predicted octanol–water partition coefficient (Wildman–Crippen LogP) is 7.81. The first kappa shape index (κ1) is 20.9. The SMILES string of the molecule is CCCCc1ccc(-c2cccc3c2C=C(CCC)C3)cc1.[Cl][Zr][Cl]. The monoisotopic (exact) mass is 450 g/mol. The molecule has 0 unspecified atom stereocenters. The number of aryl methyl sites for hydroxylation is 1. The van der Waals surface area contributed by atoms with Crippen molar-refractivity contribution in [3.8, 4) is 11.1 Å². The number of hydrogen-bond acceptors (Lipinski definition) is 0. The van der Waals surface area contributed by atoms with Gasteiger partial charge in [0.05, 0.1) is 0 Å². The molecule has 0 atom stereocenters. The number of fused-ring (bicyclic) bond motifs is 1. The van der Waals surface area contributed by atoms with Crippen LogP contribution in [-0.4, -0.2) is 0 Å². The van der Waals surface area contributed by atoms with Crippen molar-refractivity contribution in [2.75, 3.05) is 0 Å². The summed E-state index contributed by atoms with van der Waals surface area (Å²) in [5.41, 5.74) is 8.74. The van der Waals surface area contributed by atoms with Gasteiger partial charge in [-0.2, -0.15) is 0 Å². The molecule has 0 nitrogen and oxygen atoms in total. The Bertz CT molecular complexity index is 690. The van der Waals surface area contributed by atoms with Crippen molar-refractivity contribution in [3.63, 3.8) is 0 Å². The average Bonchev–Trinajstić information content (AvgIpc) is 3.04. The van der Waals surface area contributed by atoms with Gasteiger partial charge in [0.1, 0.15) is 0 Å². The molecule has 0 fully saturated rings. The molecule has 0 spiro atoms. The molecule has 0 bridgehead atoms. The molecule has 0 heterocycles. The fourth-order valence-corrected chi connectivity index (χ4v) is 3.40. The zero-order valence-corrected chi connectivity index (χ0v) is 19.1. The summed E-state index contributed by atoms with van der Waals surface area (Å²) in [6.07, 6.45) is 9.78. The van der Waals surface area contributed by atoms with Gasteiger partial charge >= 0.3 is 37.9 Å². The van der Waals surface area contributed by atoms with Gasteiger partial charge in [0, 0.05) is 0 Å². The first-order valence-electron chi connectivity index (χ1n) is 9.10.